The molecule has 1 fully saturated rings. The summed E-state index contributed by atoms with van der Waals surface area (Å²) in [5, 5.41) is 17.2. The Morgan fingerprint density at radius 3 is 2.73 bits per heavy atom. The number of hydrogen-bond acceptors (Lipinski definition) is 5. The van der Waals surface area contributed by atoms with Gasteiger partial charge in [-0.1, -0.05) is 0 Å². The minimum Gasteiger partial charge on any atom is -0.467 e. The van der Waals surface area contributed by atoms with Crippen molar-refractivity contribution in [2.24, 2.45) is 0 Å². The molecule has 1 aliphatic heterocycles. The van der Waals surface area contributed by atoms with Gasteiger partial charge in [-0.25, -0.2) is 4.79 Å². The molecule has 1 saturated heterocycles. The number of rotatable bonds is 2. The summed E-state index contributed by atoms with van der Waals surface area (Å²) >= 11 is 0. The van der Waals surface area contributed by atoms with E-state index in [2.05, 4.69) is 4.74 Å². The van der Waals surface area contributed by atoms with Gasteiger partial charge in [0.05, 0.1) is 7.11 Å². The van der Waals surface area contributed by atoms with Gasteiger partial charge in [0.1, 0.15) is 23.8 Å². The number of methoxy groups -OCH3 is 1. The van der Waals surface area contributed by atoms with E-state index in [0.717, 1.165) is 6.42 Å². The lowest BCUT2D eigenvalue weighted by Gasteiger charge is -2.19. The standard InChI is InChI=1S/C10H11N3O2/c1-15-10(14)9-3-2-4-13(9)7-8(5-11)6-12/h7,9H,2-4H2,1H3/t9-/m0/s1. The van der Waals surface area contributed by atoms with Gasteiger partial charge in [-0.15, -0.1) is 0 Å². The summed E-state index contributed by atoms with van der Waals surface area (Å²) in [6.45, 7) is 0.673. The molecule has 5 heteroatoms. The number of carbonyl (C=O) groups excluding carboxylic acids is 1. The number of carbonyl (C=O) groups is 1. The number of nitrogens with zero attached hydrogens (tertiary/aromatic N) is 3. The molecule has 78 valence electrons. The first-order chi connectivity index (χ1) is 7.22. The minimum absolute atomic E-state index is 0.00537. The van der Waals surface area contributed by atoms with Gasteiger partial charge < -0.3 is 9.64 Å². The van der Waals surface area contributed by atoms with Crippen LogP contribution in [0.4, 0.5) is 0 Å². The number of hydrogen-bond donors (Lipinski definition) is 0. The van der Waals surface area contributed by atoms with Crippen LogP contribution in [-0.2, 0) is 9.53 Å². The van der Waals surface area contributed by atoms with Crippen LogP contribution in [0.5, 0.6) is 0 Å². The molecule has 0 aliphatic carbocycles. The zero-order valence-electron chi connectivity index (χ0n) is 8.43. The normalized spacial score (nSPS) is 18.9. The van der Waals surface area contributed by atoms with Crippen LogP contribution in [-0.4, -0.2) is 30.6 Å². The van der Waals surface area contributed by atoms with E-state index in [1.165, 1.54) is 13.3 Å². The highest BCUT2D eigenvalue weighted by Gasteiger charge is 2.29. The molecule has 1 atom stereocenters. The average Bonchev–Trinajstić information content (AvgIpc) is 2.72. The van der Waals surface area contributed by atoms with E-state index < -0.39 is 0 Å². The van der Waals surface area contributed by atoms with Crippen LogP contribution in [0, 0.1) is 22.7 Å². The summed E-state index contributed by atoms with van der Waals surface area (Å²) in [5.74, 6) is -0.320. The van der Waals surface area contributed by atoms with E-state index in [1.54, 1.807) is 17.0 Å². The zero-order valence-corrected chi connectivity index (χ0v) is 8.43. The highest BCUT2D eigenvalue weighted by molar-refractivity contribution is 5.76. The van der Waals surface area contributed by atoms with Crippen LogP contribution in [0.3, 0.4) is 0 Å². The quantitative estimate of drug-likeness (QED) is 0.486. The molecule has 15 heavy (non-hydrogen) atoms. The Kier molecular flexibility index (Phi) is 3.70. The minimum atomic E-state index is -0.355. The van der Waals surface area contributed by atoms with E-state index in [0.29, 0.717) is 13.0 Å². The lowest BCUT2D eigenvalue weighted by molar-refractivity contribution is -0.144. The number of ether oxygens (including phenoxy) is 1. The highest BCUT2D eigenvalue weighted by Crippen LogP contribution is 2.19. The van der Waals surface area contributed by atoms with Crippen molar-refractivity contribution >= 4 is 5.97 Å². The monoisotopic (exact) mass is 205 g/mol. The topological polar surface area (TPSA) is 77.1 Å². The Hall–Kier alpha value is -2.01. The van der Waals surface area contributed by atoms with Crippen molar-refractivity contribution in [1.29, 1.82) is 10.5 Å². The summed E-state index contributed by atoms with van der Waals surface area (Å²) in [6, 6.07) is 3.17. The van der Waals surface area contributed by atoms with Crippen molar-refractivity contribution in [2.45, 2.75) is 18.9 Å². The van der Waals surface area contributed by atoms with Gasteiger partial charge in [0, 0.05) is 12.7 Å². The molecule has 0 radical (unpaired) electrons. The smallest absolute Gasteiger partial charge is 0.328 e. The first kappa shape index (κ1) is 11.1. The fourth-order valence-electron chi connectivity index (χ4n) is 1.58. The average molecular weight is 205 g/mol. The van der Waals surface area contributed by atoms with Crippen molar-refractivity contribution in [1.82, 2.24) is 4.90 Å². The largest absolute Gasteiger partial charge is 0.467 e. The predicted molar refractivity (Wildman–Crippen MR) is 51.1 cm³/mol. The SMILES string of the molecule is COC(=O)[C@@H]1CCCN1C=C(C#N)C#N. The van der Waals surface area contributed by atoms with Crippen molar-refractivity contribution in [2.75, 3.05) is 13.7 Å². The number of esters is 1. The second kappa shape index (κ2) is 5.02. The molecular weight excluding hydrogens is 194 g/mol. The van der Waals surface area contributed by atoms with Gasteiger partial charge in [0.2, 0.25) is 0 Å². The fourth-order valence-corrected chi connectivity index (χ4v) is 1.58. The molecule has 0 aromatic heterocycles. The third-order valence-corrected chi connectivity index (χ3v) is 2.30. The van der Waals surface area contributed by atoms with Crippen molar-refractivity contribution < 1.29 is 9.53 Å². The van der Waals surface area contributed by atoms with Crippen LogP contribution in [0.2, 0.25) is 0 Å². The van der Waals surface area contributed by atoms with Gasteiger partial charge in [-0.2, -0.15) is 10.5 Å². The van der Waals surface area contributed by atoms with E-state index >= 15 is 0 Å². The Labute approximate surface area is 88.1 Å². The van der Waals surface area contributed by atoms with Crippen molar-refractivity contribution in [3.05, 3.63) is 11.8 Å². The van der Waals surface area contributed by atoms with Crippen LogP contribution < -0.4 is 0 Å². The van der Waals surface area contributed by atoms with Crippen LogP contribution >= 0.6 is 0 Å². The van der Waals surface area contributed by atoms with E-state index in [-0.39, 0.29) is 17.6 Å². The van der Waals surface area contributed by atoms with Crippen LogP contribution in [0.15, 0.2) is 11.8 Å². The molecule has 0 amide bonds. The Morgan fingerprint density at radius 1 is 1.53 bits per heavy atom. The van der Waals surface area contributed by atoms with Gasteiger partial charge >= 0.3 is 5.97 Å². The zero-order chi connectivity index (χ0) is 11.3. The molecule has 0 N–H and O–H groups in total. The molecule has 1 rings (SSSR count). The van der Waals surface area contributed by atoms with E-state index in [9.17, 15) is 4.79 Å². The number of nitriles is 2. The fraction of sp³-hybridized carbons (Fsp3) is 0.500. The maximum atomic E-state index is 11.3. The van der Waals surface area contributed by atoms with E-state index in [1.807, 2.05) is 0 Å². The second-order valence-electron chi connectivity index (χ2n) is 3.19. The second-order valence-corrected chi connectivity index (χ2v) is 3.19. The Bertz CT molecular complexity index is 346. The molecule has 0 spiro atoms. The maximum absolute atomic E-state index is 11.3. The van der Waals surface area contributed by atoms with Crippen LogP contribution in [0.25, 0.3) is 0 Å². The lowest BCUT2D eigenvalue weighted by atomic mass is 10.2. The third-order valence-electron chi connectivity index (χ3n) is 2.30. The van der Waals surface area contributed by atoms with Gasteiger partial charge in [-0.05, 0) is 12.8 Å². The van der Waals surface area contributed by atoms with Crippen LogP contribution in [0.1, 0.15) is 12.8 Å². The van der Waals surface area contributed by atoms with Gasteiger partial charge in [-0.3, -0.25) is 0 Å². The number of likely N-dealkylation sites (tertiary alicyclic amines) is 1. The van der Waals surface area contributed by atoms with Gasteiger partial charge in [0.15, 0.2) is 0 Å². The summed E-state index contributed by atoms with van der Waals surface area (Å²) in [6.07, 6.45) is 2.99. The molecule has 0 aromatic rings. The Balaban J connectivity index is 2.79. The molecule has 1 aliphatic rings. The molecule has 0 saturated carbocycles. The first-order valence-electron chi connectivity index (χ1n) is 4.58. The molecule has 0 bridgehead atoms. The molecule has 0 aromatic carbocycles. The number of allylic oxidation sites excluding steroid dienone is 1. The van der Waals surface area contributed by atoms with E-state index in [4.69, 9.17) is 10.5 Å². The Morgan fingerprint density at radius 2 is 2.20 bits per heavy atom. The molecule has 1 heterocycles. The summed E-state index contributed by atoms with van der Waals surface area (Å²) in [7, 11) is 1.33. The lowest BCUT2D eigenvalue weighted by Crippen LogP contribution is -2.33. The first-order valence-corrected chi connectivity index (χ1v) is 4.58. The predicted octanol–water partition coefficient (Wildman–Crippen LogP) is 0.555. The summed E-state index contributed by atoms with van der Waals surface area (Å²) in [4.78, 5) is 13.0. The van der Waals surface area contributed by atoms with Crippen molar-refractivity contribution in [3.63, 3.8) is 0 Å². The molecule has 0 unspecified atom stereocenters. The molecular formula is C10H11N3O2. The molecule has 5 nitrogen and oxygen atoms in total. The van der Waals surface area contributed by atoms with Crippen molar-refractivity contribution in [3.8, 4) is 12.1 Å². The highest BCUT2D eigenvalue weighted by atomic mass is 16.5. The summed E-state index contributed by atoms with van der Waals surface area (Å²) in [5.41, 5.74) is 0.00537. The van der Waals surface area contributed by atoms with Gasteiger partial charge in [0.25, 0.3) is 0 Å². The summed E-state index contributed by atoms with van der Waals surface area (Å²) < 4.78 is 4.64. The maximum Gasteiger partial charge on any atom is 0.328 e. The third kappa shape index (κ3) is 2.47.